The number of halogens is 1. The Balaban J connectivity index is 2.32. The first-order valence-electron chi connectivity index (χ1n) is 5.63. The molecule has 2 aromatic carbocycles. The first-order chi connectivity index (χ1) is 8.74. The van der Waals surface area contributed by atoms with Gasteiger partial charge in [-0.2, -0.15) is 0 Å². The monoisotopic (exact) mass is 263 g/mol. The summed E-state index contributed by atoms with van der Waals surface area (Å²) in [5, 5.41) is 4.89. The van der Waals surface area contributed by atoms with Crippen LogP contribution in [0.4, 0.5) is 0 Å². The Hall–Kier alpha value is -1.74. The van der Waals surface area contributed by atoms with E-state index in [4.69, 9.17) is 16.3 Å². The second kappa shape index (κ2) is 5.74. The van der Waals surface area contributed by atoms with Crippen molar-refractivity contribution >= 4 is 28.3 Å². The molecule has 0 saturated heterocycles. The lowest BCUT2D eigenvalue weighted by Gasteiger charge is -2.09. The number of alkyl halides is 1. The Bertz CT molecular complexity index is 569. The van der Waals surface area contributed by atoms with Crippen molar-refractivity contribution < 1.29 is 9.53 Å². The van der Waals surface area contributed by atoms with Gasteiger partial charge in [-0.1, -0.05) is 24.3 Å². The summed E-state index contributed by atoms with van der Waals surface area (Å²) in [6.07, 6.45) is 0. The number of carbonyl (C=O) groups is 1. The van der Waals surface area contributed by atoms with Gasteiger partial charge in [0.25, 0.3) is 0 Å². The molecule has 2 aromatic rings. The molecule has 0 unspecified atom stereocenters. The van der Waals surface area contributed by atoms with Gasteiger partial charge in [-0.25, -0.2) is 0 Å². The average molecular weight is 264 g/mol. The predicted molar refractivity (Wildman–Crippen MR) is 73.1 cm³/mol. The highest BCUT2D eigenvalue weighted by Gasteiger charge is 2.05. The third-order valence-corrected chi connectivity index (χ3v) is 2.96. The minimum absolute atomic E-state index is 0.0231. The van der Waals surface area contributed by atoms with Gasteiger partial charge in [-0.15, -0.1) is 11.6 Å². The Morgan fingerprint density at radius 3 is 2.83 bits per heavy atom. The number of benzene rings is 2. The number of amides is 1. The van der Waals surface area contributed by atoms with E-state index < -0.39 is 0 Å². The van der Waals surface area contributed by atoms with Crippen LogP contribution >= 0.6 is 11.6 Å². The number of methoxy groups -OCH3 is 1. The number of hydrogen-bond acceptors (Lipinski definition) is 2. The number of ether oxygens (including phenoxy) is 1. The van der Waals surface area contributed by atoms with Crippen molar-refractivity contribution in [2.75, 3.05) is 13.0 Å². The average Bonchev–Trinajstić information content (AvgIpc) is 2.43. The highest BCUT2D eigenvalue weighted by atomic mass is 35.5. The molecule has 0 aliphatic heterocycles. The van der Waals surface area contributed by atoms with Crippen LogP contribution in [0.2, 0.25) is 0 Å². The molecule has 4 heteroatoms. The molecule has 0 saturated carbocycles. The van der Waals surface area contributed by atoms with E-state index in [9.17, 15) is 4.79 Å². The first-order valence-corrected chi connectivity index (χ1v) is 6.16. The largest absolute Gasteiger partial charge is 0.496 e. The van der Waals surface area contributed by atoms with Crippen LogP contribution in [0.25, 0.3) is 10.8 Å². The standard InChI is InChI=1S/C14H14ClNO2/c1-18-13-7-10(9-16-14(17)8-15)6-11-4-2-3-5-12(11)13/h2-7H,8-9H2,1H3,(H,16,17). The summed E-state index contributed by atoms with van der Waals surface area (Å²) >= 11 is 5.44. The van der Waals surface area contributed by atoms with Gasteiger partial charge in [0.2, 0.25) is 5.91 Å². The van der Waals surface area contributed by atoms with Gasteiger partial charge in [-0.3, -0.25) is 4.79 Å². The molecule has 1 N–H and O–H groups in total. The Kier molecular flexibility index (Phi) is 4.05. The third-order valence-electron chi connectivity index (χ3n) is 2.71. The molecule has 3 nitrogen and oxygen atoms in total. The fourth-order valence-electron chi connectivity index (χ4n) is 1.85. The topological polar surface area (TPSA) is 38.3 Å². The Morgan fingerprint density at radius 2 is 2.11 bits per heavy atom. The summed E-state index contributed by atoms with van der Waals surface area (Å²) in [5.41, 5.74) is 0.990. The van der Waals surface area contributed by atoms with Gasteiger partial charge < -0.3 is 10.1 Å². The molecule has 0 spiro atoms. The molecule has 0 aliphatic rings. The highest BCUT2D eigenvalue weighted by Crippen LogP contribution is 2.27. The third kappa shape index (κ3) is 2.74. The minimum atomic E-state index is -0.177. The molecular formula is C14H14ClNO2. The van der Waals surface area contributed by atoms with E-state index >= 15 is 0 Å². The molecule has 1 amide bonds. The van der Waals surface area contributed by atoms with Crippen LogP contribution < -0.4 is 10.1 Å². The molecule has 18 heavy (non-hydrogen) atoms. The van der Waals surface area contributed by atoms with Gasteiger partial charge in [0, 0.05) is 11.9 Å². The fraction of sp³-hybridized carbons (Fsp3) is 0.214. The van der Waals surface area contributed by atoms with Crippen molar-refractivity contribution in [1.82, 2.24) is 5.32 Å². The first kappa shape index (κ1) is 12.7. The molecule has 94 valence electrons. The van der Waals surface area contributed by atoms with E-state index in [1.807, 2.05) is 36.4 Å². The summed E-state index contributed by atoms with van der Waals surface area (Å²) in [5.74, 6) is 0.608. The number of fused-ring (bicyclic) bond motifs is 1. The van der Waals surface area contributed by atoms with E-state index in [-0.39, 0.29) is 11.8 Å². The van der Waals surface area contributed by atoms with E-state index in [0.717, 1.165) is 22.1 Å². The second-order valence-electron chi connectivity index (χ2n) is 3.93. The maximum Gasteiger partial charge on any atom is 0.235 e. The number of nitrogens with one attached hydrogen (secondary N) is 1. The lowest BCUT2D eigenvalue weighted by atomic mass is 10.1. The zero-order chi connectivity index (χ0) is 13.0. The van der Waals surface area contributed by atoms with Gasteiger partial charge in [0.1, 0.15) is 11.6 Å². The van der Waals surface area contributed by atoms with E-state index in [0.29, 0.717) is 6.54 Å². The van der Waals surface area contributed by atoms with Crippen LogP contribution in [0, 0.1) is 0 Å². The van der Waals surface area contributed by atoms with E-state index in [2.05, 4.69) is 5.32 Å². The Morgan fingerprint density at radius 1 is 1.33 bits per heavy atom. The molecule has 0 heterocycles. The quantitative estimate of drug-likeness (QED) is 0.862. The number of hydrogen-bond donors (Lipinski definition) is 1. The second-order valence-corrected chi connectivity index (χ2v) is 4.20. The molecule has 0 fully saturated rings. The van der Waals surface area contributed by atoms with Crippen LogP contribution in [0.15, 0.2) is 36.4 Å². The van der Waals surface area contributed by atoms with Gasteiger partial charge in [-0.05, 0) is 23.1 Å². The SMILES string of the molecule is COc1cc(CNC(=O)CCl)cc2ccccc12. The summed E-state index contributed by atoms with van der Waals surface area (Å²) in [6, 6.07) is 11.9. The van der Waals surface area contributed by atoms with Crippen LogP contribution in [0.3, 0.4) is 0 Å². The lowest BCUT2D eigenvalue weighted by molar-refractivity contribution is -0.118. The fourth-order valence-corrected chi connectivity index (χ4v) is 1.95. The smallest absolute Gasteiger partial charge is 0.235 e. The van der Waals surface area contributed by atoms with Crippen LogP contribution in [-0.2, 0) is 11.3 Å². The van der Waals surface area contributed by atoms with Gasteiger partial charge >= 0.3 is 0 Å². The van der Waals surface area contributed by atoms with Crippen LogP contribution in [0.1, 0.15) is 5.56 Å². The van der Waals surface area contributed by atoms with Crippen molar-refractivity contribution in [3.05, 3.63) is 42.0 Å². The van der Waals surface area contributed by atoms with Crippen molar-refractivity contribution in [2.45, 2.75) is 6.54 Å². The molecule has 0 aliphatic carbocycles. The number of rotatable bonds is 4. The van der Waals surface area contributed by atoms with E-state index in [1.54, 1.807) is 7.11 Å². The van der Waals surface area contributed by atoms with Crippen molar-refractivity contribution in [1.29, 1.82) is 0 Å². The Labute approximate surface area is 111 Å². The zero-order valence-electron chi connectivity index (χ0n) is 10.1. The van der Waals surface area contributed by atoms with Crippen LogP contribution in [-0.4, -0.2) is 18.9 Å². The van der Waals surface area contributed by atoms with Crippen molar-refractivity contribution in [2.24, 2.45) is 0 Å². The maximum atomic E-state index is 11.1. The van der Waals surface area contributed by atoms with Gasteiger partial charge in [0.15, 0.2) is 0 Å². The minimum Gasteiger partial charge on any atom is -0.496 e. The summed E-state index contributed by atoms with van der Waals surface area (Å²) in [4.78, 5) is 11.1. The molecule has 0 atom stereocenters. The van der Waals surface area contributed by atoms with Crippen LogP contribution in [0.5, 0.6) is 5.75 Å². The summed E-state index contributed by atoms with van der Waals surface area (Å²) in [6.45, 7) is 0.451. The zero-order valence-corrected chi connectivity index (χ0v) is 10.8. The normalized spacial score (nSPS) is 10.3. The summed E-state index contributed by atoms with van der Waals surface area (Å²) in [7, 11) is 1.64. The van der Waals surface area contributed by atoms with E-state index in [1.165, 1.54) is 0 Å². The van der Waals surface area contributed by atoms with Gasteiger partial charge in [0.05, 0.1) is 7.11 Å². The molecule has 2 rings (SSSR count). The maximum absolute atomic E-state index is 11.1. The molecule has 0 bridgehead atoms. The number of carbonyl (C=O) groups excluding carboxylic acids is 1. The predicted octanol–water partition coefficient (Wildman–Crippen LogP) is 2.70. The highest BCUT2D eigenvalue weighted by molar-refractivity contribution is 6.27. The van der Waals surface area contributed by atoms with Crippen molar-refractivity contribution in [3.63, 3.8) is 0 Å². The van der Waals surface area contributed by atoms with Crippen molar-refractivity contribution in [3.8, 4) is 5.75 Å². The summed E-state index contributed by atoms with van der Waals surface area (Å²) < 4.78 is 5.36. The lowest BCUT2D eigenvalue weighted by Crippen LogP contribution is -2.23. The molecule has 0 radical (unpaired) electrons. The molecular weight excluding hydrogens is 250 g/mol. The molecule has 0 aromatic heterocycles.